The summed E-state index contributed by atoms with van der Waals surface area (Å²) in [7, 11) is 0. The smallest absolute Gasteiger partial charge is 0.222 e. The predicted molar refractivity (Wildman–Crippen MR) is 82.5 cm³/mol. The third kappa shape index (κ3) is 3.71. The summed E-state index contributed by atoms with van der Waals surface area (Å²) >= 11 is 6.11. The minimum absolute atomic E-state index is 0.0676. The van der Waals surface area contributed by atoms with Crippen molar-refractivity contribution in [1.29, 1.82) is 0 Å². The van der Waals surface area contributed by atoms with Gasteiger partial charge in [-0.05, 0) is 49.6 Å². The molecule has 0 fully saturated rings. The van der Waals surface area contributed by atoms with Crippen LogP contribution in [0.1, 0.15) is 25.0 Å². The molecule has 0 bridgehead atoms. The Morgan fingerprint density at radius 3 is 2.80 bits per heavy atom. The maximum absolute atomic E-state index is 6.11. The third-order valence-corrected chi connectivity index (χ3v) is 3.37. The van der Waals surface area contributed by atoms with Crippen molar-refractivity contribution >= 4 is 11.6 Å². The molecule has 0 amide bonds. The van der Waals surface area contributed by atoms with Gasteiger partial charge in [0.15, 0.2) is 0 Å². The molecule has 1 aromatic heterocycles. The molecule has 2 aromatic rings. The first kappa shape index (κ1) is 14.8. The highest BCUT2D eigenvalue weighted by atomic mass is 35.5. The molecule has 0 aliphatic carbocycles. The Bertz CT molecular complexity index is 584. The third-order valence-electron chi connectivity index (χ3n) is 3.00. The molecule has 1 atom stereocenters. The Morgan fingerprint density at radius 2 is 2.10 bits per heavy atom. The van der Waals surface area contributed by atoms with Gasteiger partial charge in [-0.25, -0.2) is 4.98 Å². The zero-order valence-electron chi connectivity index (χ0n) is 11.8. The highest BCUT2D eigenvalue weighted by Gasteiger charge is 2.09. The van der Waals surface area contributed by atoms with Crippen molar-refractivity contribution < 1.29 is 4.74 Å². The number of nitrogens with two attached hydrogens (primary N) is 1. The second-order valence-corrected chi connectivity index (χ2v) is 5.27. The normalized spacial score (nSPS) is 12.2. The fourth-order valence-corrected chi connectivity index (χ4v) is 2.27. The quantitative estimate of drug-likeness (QED) is 0.906. The minimum atomic E-state index is 0.0676. The van der Waals surface area contributed by atoms with Crippen LogP contribution in [0.4, 0.5) is 0 Å². The number of halogens is 1. The van der Waals surface area contributed by atoms with Gasteiger partial charge in [-0.3, -0.25) is 0 Å². The van der Waals surface area contributed by atoms with Crippen LogP contribution in [0.2, 0.25) is 5.02 Å². The van der Waals surface area contributed by atoms with E-state index < -0.39 is 0 Å². The Balaban J connectivity index is 2.25. The van der Waals surface area contributed by atoms with Gasteiger partial charge in [0.2, 0.25) is 5.88 Å². The van der Waals surface area contributed by atoms with Crippen LogP contribution in [0.5, 0.6) is 11.6 Å². The number of aryl methyl sites for hydroxylation is 1. The van der Waals surface area contributed by atoms with Gasteiger partial charge in [0.25, 0.3) is 0 Å². The molecule has 0 aliphatic rings. The van der Waals surface area contributed by atoms with Crippen molar-refractivity contribution in [2.75, 3.05) is 0 Å². The standard InChI is InChI=1S/C16H19ClN2O/c1-3-12-10-14(6-7-15(12)17)20-16-13(9-11(2)18)5-4-8-19-16/h4-8,10-11H,3,9,18H2,1-2H3. The first-order chi connectivity index (χ1) is 9.60. The summed E-state index contributed by atoms with van der Waals surface area (Å²) in [5.74, 6) is 1.35. The van der Waals surface area contributed by atoms with Crippen molar-refractivity contribution in [3.05, 3.63) is 52.7 Å². The van der Waals surface area contributed by atoms with Crippen LogP contribution in [0.3, 0.4) is 0 Å². The lowest BCUT2D eigenvalue weighted by Gasteiger charge is -2.12. The number of nitrogens with zero attached hydrogens (tertiary/aromatic N) is 1. The summed E-state index contributed by atoms with van der Waals surface area (Å²) in [4.78, 5) is 4.29. The van der Waals surface area contributed by atoms with E-state index in [4.69, 9.17) is 22.1 Å². The van der Waals surface area contributed by atoms with Crippen molar-refractivity contribution in [2.45, 2.75) is 32.7 Å². The number of aromatic nitrogens is 1. The Kier molecular flexibility index (Phi) is 4.99. The molecule has 106 valence electrons. The lowest BCUT2D eigenvalue weighted by atomic mass is 10.1. The number of ether oxygens (including phenoxy) is 1. The van der Waals surface area contributed by atoms with E-state index in [1.54, 1.807) is 6.20 Å². The zero-order valence-corrected chi connectivity index (χ0v) is 12.5. The van der Waals surface area contributed by atoms with Gasteiger partial charge in [0.1, 0.15) is 5.75 Å². The van der Waals surface area contributed by atoms with Gasteiger partial charge in [0.05, 0.1) is 0 Å². The van der Waals surface area contributed by atoms with Crippen molar-refractivity contribution in [3.63, 3.8) is 0 Å². The van der Waals surface area contributed by atoms with Gasteiger partial charge in [-0.15, -0.1) is 0 Å². The number of hydrogen-bond acceptors (Lipinski definition) is 3. The Morgan fingerprint density at radius 1 is 1.30 bits per heavy atom. The minimum Gasteiger partial charge on any atom is -0.439 e. The summed E-state index contributed by atoms with van der Waals surface area (Å²) in [6.45, 7) is 4.03. The van der Waals surface area contributed by atoms with Crippen molar-refractivity contribution in [1.82, 2.24) is 4.98 Å². The summed E-state index contributed by atoms with van der Waals surface area (Å²) in [5.41, 5.74) is 7.92. The van der Waals surface area contributed by atoms with Crippen molar-refractivity contribution in [3.8, 4) is 11.6 Å². The second kappa shape index (κ2) is 6.73. The molecule has 2 rings (SSSR count). The lowest BCUT2D eigenvalue weighted by Crippen LogP contribution is -2.18. The predicted octanol–water partition coefficient (Wildman–Crippen LogP) is 3.98. The largest absolute Gasteiger partial charge is 0.439 e. The first-order valence-corrected chi connectivity index (χ1v) is 7.13. The molecule has 1 heterocycles. The van der Waals surface area contributed by atoms with Gasteiger partial charge < -0.3 is 10.5 Å². The number of pyridine rings is 1. The van der Waals surface area contributed by atoms with Crippen LogP contribution in [0.15, 0.2) is 36.5 Å². The molecule has 1 aromatic carbocycles. The maximum atomic E-state index is 6.11. The fourth-order valence-electron chi connectivity index (χ4n) is 2.02. The highest BCUT2D eigenvalue weighted by molar-refractivity contribution is 6.31. The van der Waals surface area contributed by atoms with Crippen LogP contribution in [-0.2, 0) is 12.8 Å². The molecule has 0 aliphatic heterocycles. The summed E-state index contributed by atoms with van der Waals surface area (Å²) in [6, 6.07) is 9.60. The molecule has 2 N–H and O–H groups in total. The molecular formula is C16H19ClN2O. The van der Waals surface area contributed by atoms with E-state index >= 15 is 0 Å². The van der Waals surface area contributed by atoms with E-state index in [1.165, 1.54) is 0 Å². The lowest BCUT2D eigenvalue weighted by molar-refractivity contribution is 0.453. The van der Waals surface area contributed by atoms with Gasteiger partial charge >= 0.3 is 0 Å². The maximum Gasteiger partial charge on any atom is 0.222 e. The second-order valence-electron chi connectivity index (χ2n) is 4.86. The van der Waals surface area contributed by atoms with E-state index in [0.717, 1.165) is 34.7 Å². The molecule has 0 radical (unpaired) electrons. The van der Waals surface area contributed by atoms with Gasteiger partial charge in [-0.2, -0.15) is 0 Å². The SMILES string of the molecule is CCc1cc(Oc2ncccc2CC(C)N)ccc1Cl. The monoisotopic (exact) mass is 290 g/mol. The van der Waals surface area contributed by atoms with E-state index in [2.05, 4.69) is 11.9 Å². The molecular weight excluding hydrogens is 272 g/mol. The molecule has 3 nitrogen and oxygen atoms in total. The topological polar surface area (TPSA) is 48.1 Å². The van der Waals surface area contributed by atoms with E-state index in [9.17, 15) is 0 Å². The van der Waals surface area contributed by atoms with Crippen LogP contribution >= 0.6 is 11.6 Å². The molecule has 4 heteroatoms. The van der Waals surface area contributed by atoms with E-state index in [1.807, 2.05) is 37.3 Å². The molecule has 0 saturated carbocycles. The average molecular weight is 291 g/mol. The summed E-state index contributed by atoms with van der Waals surface area (Å²) in [5, 5.41) is 0.761. The summed E-state index contributed by atoms with van der Waals surface area (Å²) in [6.07, 6.45) is 3.32. The highest BCUT2D eigenvalue weighted by Crippen LogP contribution is 2.27. The molecule has 0 spiro atoms. The van der Waals surface area contributed by atoms with Gasteiger partial charge in [0, 0.05) is 22.8 Å². The summed E-state index contributed by atoms with van der Waals surface area (Å²) < 4.78 is 5.88. The van der Waals surface area contributed by atoms with E-state index in [0.29, 0.717) is 5.88 Å². The molecule has 0 saturated heterocycles. The number of rotatable bonds is 5. The van der Waals surface area contributed by atoms with Crippen LogP contribution < -0.4 is 10.5 Å². The Labute approximate surface area is 124 Å². The van der Waals surface area contributed by atoms with Gasteiger partial charge in [-0.1, -0.05) is 24.6 Å². The van der Waals surface area contributed by atoms with Crippen LogP contribution in [0, 0.1) is 0 Å². The average Bonchev–Trinajstić information content (AvgIpc) is 2.42. The fraction of sp³-hybridized carbons (Fsp3) is 0.312. The van der Waals surface area contributed by atoms with Crippen LogP contribution in [-0.4, -0.2) is 11.0 Å². The molecule has 20 heavy (non-hydrogen) atoms. The first-order valence-electron chi connectivity index (χ1n) is 6.76. The Hall–Kier alpha value is -1.58. The van der Waals surface area contributed by atoms with Crippen LogP contribution in [0.25, 0.3) is 0 Å². The number of hydrogen-bond donors (Lipinski definition) is 1. The zero-order chi connectivity index (χ0) is 14.5. The van der Waals surface area contributed by atoms with E-state index in [-0.39, 0.29) is 6.04 Å². The molecule has 1 unspecified atom stereocenters. The van der Waals surface area contributed by atoms with Crippen molar-refractivity contribution in [2.24, 2.45) is 5.73 Å². The number of benzene rings is 1.